The molecule has 28 heavy (non-hydrogen) atoms. The molecule has 156 valence electrons. The molecule has 9 heteroatoms. The molecule has 2 rings (SSSR count). The summed E-state index contributed by atoms with van der Waals surface area (Å²) in [6.45, 7) is 8.17. The molecule has 8 nitrogen and oxygen atoms in total. The Kier molecular flexibility index (Phi) is 7.56. The van der Waals surface area contributed by atoms with Crippen molar-refractivity contribution in [3.8, 4) is 0 Å². The van der Waals surface area contributed by atoms with E-state index in [1.807, 2.05) is 13.8 Å². The summed E-state index contributed by atoms with van der Waals surface area (Å²) in [5.41, 5.74) is 1.16. The molecule has 0 aliphatic carbocycles. The van der Waals surface area contributed by atoms with Crippen molar-refractivity contribution in [1.82, 2.24) is 8.61 Å². The summed E-state index contributed by atoms with van der Waals surface area (Å²) in [6.07, 6.45) is 1.01. The van der Waals surface area contributed by atoms with E-state index in [-0.39, 0.29) is 19.0 Å². The maximum Gasteiger partial charge on any atom is 0.282 e. The Morgan fingerprint density at radius 2 is 1.57 bits per heavy atom. The van der Waals surface area contributed by atoms with E-state index >= 15 is 0 Å². The molecule has 1 saturated heterocycles. The summed E-state index contributed by atoms with van der Waals surface area (Å²) in [5.74, 6) is 0.0131. The van der Waals surface area contributed by atoms with Crippen LogP contribution < -0.4 is 10.6 Å². The van der Waals surface area contributed by atoms with Gasteiger partial charge in [-0.1, -0.05) is 20.8 Å². The fourth-order valence-electron chi connectivity index (χ4n) is 3.51. The largest absolute Gasteiger partial charge is 0.326 e. The van der Waals surface area contributed by atoms with Crippen LogP contribution in [0.4, 0.5) is 11.4 Å². The van der Waals surface area contributed by atoms with Crippen molar-refractivity contribution < 1.29 is 18.0 Å². The summed E-state index contributed by atoms with van der Waals surface area (Å²) in [4.78, 5) is 23.4. The van der Waals surface area contributed by atoms with Crippen LogP contribution in [-0.4, -0.2) is 55.0 Å². The highest BCUT2D eigenvalue weighted by atomic mass is 32.2. The zero-order chi connectivity index (χ0) is 20.9. The van der Waals surface area contributed by atoms with Crippen LogP contribution in [0.3, 0.4) is 0 Å². The first-order chi connectivity index (χ1) is 13.1. The van der Waals surface area contributed by atoms with Crippen LogP contribution in [0.1, 0.15) is 34.1 Å². The lowest BCUT2D eigenvalue weighted by Gasteiger charge is -2.36. The van der Waals surface area contributed by atoms with Crippen LogP contribution in [0.5, 0.6) is 0 Å². The Balaban J connectivity index is 2.01. The van der Waals surface area contributed by atoms with E-state index in [1.165, 1.54) is 15.5 Å². The number of carbonyl (C=O) groups excluding carboxylic acids is 2. The third-order valence-corrected chi connectivity index (χ3v) is 6.64. The van der Waals surface area contributed by atoms with Gasteiger partial charge in [0.05, 0.1) is 6.54 Å². The number of nitrogens with one attached hydrogen (secondary N) is 2. The maximum atomic E-state index is 13.0. The molecule has 2 unspecified atom stereocenters. The number of hydrogen-bond acceptors (Lipinski definition) is 4. The lowest BCUT2D eigenvalue weighted by atomic mass is 9.94. The van der Waals surface area contributed by atoms with Crippen molar-refractivity contribution in [1.29, 1.82) is 0 Å². The van der Waals surface area contributed by atoms with E-state index in [2.05, 4.69) is 10.6 Å². The van der Waals surface area contributed by atoms with Gasteiger partial charge in [0.2, 0.25) is 11.8 Å². The molecule has 1 heterocycles. The maximum absolute atomic E-state index is 13.0. The highest BCUT2D eigenvalue weighted by molar-refractivity contribution is 7.86. The van der Waals surface area contributed by atoms with Gasteiger partial charge in [-0.25, -0.2) is 0 Å². The lowest BCUT2D eigenvalue weighted by molar-refractivity contribution is -0.116. The van der Waals surface area contributed by atoms with E-state index in [1.54, 1.807) is 31.2 Å². The van der Waals surface area contributed by atoms with Crippen molar-refractivity contribution in [2.24, 2.45) is 11.8 Å². The van der Waals surface area contributed by atoms with Crippen LogP contribution in [-0.2, 0) is 19.8 Å². The highest BCUT2D eigenvalue weighted by Crippen LogP contribution is 2.24. The first kappa shape index (κ1) is 22.3. The molecular formula is C19H30N4O4S. The fourth-order valence-corrected chi connectivity index (χ4v) is 5.33. The molecule has 2 amide bonds. The Morgan fingerprint density at radius 1 is 1.07 bits per heavy atom. The monoisotopic (exact) mass is 410 g/mol. The zero-order valence-electron chi connectivity index (χ0n) is 16.9. The van der Waals surface area contributed by atoms with Crippen molar-refractivity contribution in [2.45, 2.75) is 34.1 Å². The predicted octanol–water partition coefficient (Wildman–Crippen LogP) is 2.13. The molecule has 0 radical (unpaired) electrons. The first-order valence-electron chi connectivity index (χ1n) is 9.54. The average Bonchev–Trinajstić information content (AvgIpc) is 2.60. The summed E-state index contributed by atoms with van der Waals surface area (Å²) in [7, 11) is -3.69. The van der Waals surface area contributed by atoms with E-state index < -0.39 is 16.1 Å². The van der Waals surface area contributed by atoms with Gasteiger partial charge in [0.15, 0.2) is 0 Å². The topological polar surface area (TPSA) is 98.8 Å². The fraction of sp³-hybridized carbons (Fsp3) is 0.579. The standard InChI is InChI=1S/C19H30N4O4S/c1-5-22(28(26,27)23-11-14(2)10-15(3)12-23)13-19(25)21-18-8-6-17(7-9-18)20-16(4)24/h6-9,14-15H,5,10-13H2,1-4H3,(H,20,24)(H,21,25). The quantitative estimate of drug-likeness (QED) is 0.719. The predicted molar refractivity (Wildman–Crippen MR) is 110 cm³/mol. The minimum Gasteiger partial charge on any atom is -0.326 e. The van der Waals surface area contributed by atoms with Crippen molar-refractivity contribution in [3.05, 3.63) is 24.3 Å². The highest BCUT2D eigenvalue weighted by Gasteiger charge is 2.34. The van der Waals surface area contributed by atoms with E-state index in [0.717, 1.165) is 6.42 Å². The van der Waals surface area contributed by atoms with E-state index in [4.69, 9.17) is 0 Å². The zero-order valence-corrected chi connectivity index (χ0v) is 17.8. The Hall–Kier alpha value is -1.97. The summed E-state index contributed by atoms with van der Waals surface area (Å²) >= 11 is 0. The van der Waals surface area contributed by atoms with Gasteiger partial charge in [0.25, 0.3) is 10.2 Å². The number of benzene rings is 1. The average molecular weight is 411 g/mol. The first-order valence-corrected chi connectivity index (χ1v) is 10.9. The number of anilines is 2. The van der Waals surface area contributed by atoms with Crippen molar-refractivity contribution >= 4 is 33.4 Å². The third kappa shape index (κ3) is 6.02. The molecule has 1 aliphatic heterocycles. The molecule has 0 saturated carbocycles. The van der Waals surface area contributed by atoms with Gasteiger partial charge in [-0.15, -0.1) is 0 Å². The Morgan fingerprint density at radius 3 is 2.04 bits per heavy atom. The number of hydrogen-bond donors (Lipinski definition) is 2. The van der Waals surface area contributed by atoms with Crippen LogP contribution in [0, 0.1) is 11.8 Å². The van der Waals surface area contributed by atoms with Gasteiger partial charge >= 0.3 is 0 Å². The number of amides is 2. The number of carbonyl (C=O) groups is 2. The smallest absolute Gasteiger partial charge is 0.282 e. The second-order valence-corrected chi connectivity index (χ2v) is 9.43. The van der Waals surface area contributed by atoms with Gasteiger partial charge in [0.1, 0.15) is 0 Å². The van der Waals surface area contributed by atoms with Gasteiger partial charge in [-0.05, 0) is 42.5 Å². The summed E-state index contributed by atoms with van der Waals surface area (Å²) in [5, 5.41) is 5.35. The van der Waals surface area contributed by atoms with Gasteiger partial charge in [0, 0.05) is 37.9 Å². The molecule has 0 spiro atoms. The van der Waals surface area contributed by atoms with Crippen molar-refractivity contribution in [3.63, 3.8) is 0 Å². The van der Waals surface area contributed by atoms with Gasteiger partial charge in [-0.3, -0.25) is 9.59 Å². The normalized spacial score (nSPS) is 20.8. The second kappa shape index (κ2) is 9.49. The van der Waals surface area contributed by atoms with Crippen LogP contribution in [0.15, 0.2) is 24.3 Å². The van der Waals surface area contributed by atoms with Crippen LogP contribution in [0.25, 0.3) is 0 Å². The van der Waals surface area contributed by atoms with E-state index in [0.29, 0.717) is 36.3 Å². The molecule has 0 bridgehead atoms. The Labute approximate surface area is 167 Å². The minimum atomic E-state index is -3.69. The van der Waals surface area contributed by atoms with Crippen LogP contribution >= 0.6 is 0 Å². The molecule has 1 aliphatic rings. The number of nitrogens with zero attached hydrogens (tertiary/aromatic N) is 2. The molecule has 1 aromatic rings. The van der Waals surface area contributed by atoms with Crippen LogP contribution in [0.2, 0.25) is 0 Å². The van der Waals surface area contributed by atoms with E-state index in [9.17, 15) is 18.0 Å². The summed E-state index contributed by atoms with van der Waals surface area (Å²) < 4.78 is 28.6. The SMILES string of the molecule is CCN(CC(=O)Nc1ccc(NC(C)=O)cc1)S(=O)(=O)N1CC(C)CC(C)C1. The number of rotatable bonds is 7. The molecular weight excluding hydrogens is 380 g/mol. The third-order valence-electron chi connectivity index (χ3n) is 4.65. The minimum absolute atomic E-state index is 0.179. The molecule has 2 N–H and O–H groups in total. The van der Waals surface area contributed by atoms with Crippen molar-refractivity contribution in [2.75, 3.05) is 36.8 Å². The number of likely N-dealkylation sites (N-methyl/N-ethyl adjacent to an activating group) is 1. The molecule has 0 aromatic heterocycles. The van der Waals surface area contributed by atoms with Gasteiger partial charge < -0.3 is 10.6 Å². The van der Waals surface area contributed by atoms with Gasteiger partial charge in [-0.2, -0.15) is 17.0 Å². The Bertz CT molecular complexity index is 785. The lowest BCUT2D eigenvalue weighted by Crippen LogP contribution is -2.51. The second-order valence-electron chi connectivity index (χ2n) is 7.50. The molecule has 1 aromatic carbocycles. The summed E-state index contributed by atoms with van der Waals surface area (Å²) in [6, 6.07) is 6.65. The number of piperidine rings is 1. The molecule has 1 fully saturated rings. The molecule has 2 atom stereocenters.